The molecule has 0 aliphatic heterocycles. The zero-order valence-corrected chi connectivity index (χ0v) is 13.1. The fourth-order valence-corrected chi connectivity index (χ4v) is 2.46. The summed E-state index contributed by atoms with van der Waals surface area (Å²) in [5.41, 5.74) is 2.59. The summed E-state index contributed by atoms with van der Waals surface area (Å²) in [5, 5.41) is 0. The SMILES string of the molecule is O=C(COCc1ccccc1)c1ccc(-c2ccccc2)c(F)c1. The Kier molecular flexibility index (Phi) is 5.14. The van der Waals surface area contributed by atoms with Gasteiger partial charge in [0.15, 0.2) is 5.78 Å². The molecule has 0 atom stereocenters. The normalized spacial score (nSPS) is 10.5. The van der Waals surface area contributed by atoms with Crippen molar-refractivity contribution in [3.05, 3.63) is 95.8 Å². The molecule has 0 amide bonds. The Bertz CT molecular complexity index is 814. The lowest BCUT2D eigenvalue weighted by Gasteiger charge is -2.07. The third-order valence-electron chi connectivity index (χ3n) is 3.72. The summed E-state index contributed by atoms with van der Waals surface area (Å²) in [7, 11) is 0. The van der Waals surface area contributed by atoms with Crippen molar-refractivity contribution < 1.29 is 13.9 Å². The molecule has 2 nitrogen and oxygen atoms in total. The first-order chi connectivity index (χ1) is 11.7. The summed E-state index contributed by atoms with van der Waals surface area (Å²) >= 11 is 0. The molecule has 0 aromatic heterocycles. The molecule has 0 bridgehead atoms. The van der Waals surface area contributed by atoms with Crippen LogP contribution in [0.15, 0.2) is 78.9 Å². The molecule has 0 aliphatic carbocycles. The Labute approximate surface area is 140 Å². The van der Waals surface area contributed by atoms with E-state index in [4.69, 9.17) is 4.74 Å². The highest BCUT2D eigenvalue weighted by atomic mass is 19.1. The Hall–Kier alpha value is -2.78. The molecular weight excluding hydrogens is 303 g/mol. The van der Waals surface area contributed by atoms with Crippen molar-refractivity contribution in [1.29, 1.82) is 0 Å². The number of Topliss-reactive ketones (excluding diaryl/α,β-unsaturated/α-hetero) is 1. The Morgan fingerprint density at radius 3 is 2.21 bits per heavy atom. The third kappa shape index (κ3) is 3.94. The van der Waals surface area contributed by atoms with Gasteiger partial charge in [0.25, 0.3) is 0 Å². The minimum atomic E-state index is -0.407. The van der Waals surface area contributed by atoms with Crippen LogP contribution in [-0.2, 0) is 11.3 Å². The number of hydrogen-bond acceptors (Lipinski definition) is 2. The van der Waals surface area contributed by atoms with Crippen LogP contribution in [0.5, 0.6) is 0 Å². The van der Waals surface area contributed by atoms with E-state index < -0.39 is 5.82 Å². The van der Waals surface area contributed by atoms with Gasteiger partial charge in [0.05, 0.1) is 6.61 Å². The summed E-state index contributed by atoms with van der Waals surface area (Å²) in [5.74, 6) is -0.639. The zero-order chi connectivity index (χ0) is 16.8. The average molecular weight is 320 g/mol. The minimum absolute atomic E-state index is 0.0704. The molecule has 0 unspecified atom stereocenters. The number of ether oxygens (including phenoxy) is 1. The number of benzene rings is 3. The molecule has 3 rings (SSSR count). The van der Waals surface area contributed by atoms with E-state index in [0.29, 0.717) is 17.7 Å². The molecule has 0 aliphatic rings. The van der Waals surface area contributed by atoms with Crippen molar-refractivity contribution in [2.45, 2.75) is 6.61 Å². The number of rotatable bonds is 6. The molecule has 0 saturated carbocycles. The monoisotopic (exact) mass is 320 g/mol. The summed E-state index contributed by atoms with van der Waals surface area (Å²) in [6.45, 7) is 0.288. The highest BCUT2D eigenvalue weighted by Crippen LogP contribution is 2.23. The van der Waals surface area contributed by atoms with Crippen LogP contribution >= 0.6 is 0 Å². The minimum Gasteiger partial charge on any atom is -0.369 e. The molecule has 0 radical (unpaired) electrons. The van der Waals surface area contributed by atoms with Crippen molar-refractivity contribution in [3.63, 3.8) is 0 Å². The number of hydrogen-bond donors (Lipinski definition) is 0. The molecule has 3 aromatic rings. The van der Waals surface area contributed by atoms with Crippen molar-refractivity contribution in [1.82, 2.24) is 0 Å². The highest BCUT2D eigenvalue weighted by molar-refractivity contribution is 5.97. The van der Waals surface area contributed by atoms with Gasteiger partial charge in [0, 0.05) is 11.1 Å². The first kappa shape index (κ1) is 16.1. The predicted octanol–water partition coefficient (Wildman–Crippen LogP) is 4.89. The van der Waals surface area contributed by atoms with Crippen LogP contribution in [0.25, 0.3) is 11.1 Å². The van der Waals surface area contributed by atoms with E-state index in [-0.39, 0.29) is 12.4 Å². The second-order valence-corrected chi connectivity index (χ2v) is 5.46. The van der Waals surface area contributed by atoms with Crippen LogP contribution in [0.3, 0.4) is 0 Å². The molecule has 0 N–H and O–H groups in total. The van der Waals surface area contributed by atoms with Crippen molar-refractivity contribution in [2.24, 2.45) is 0 Å². The lowest BCUT2D eigenvalue weighted by Crippen LogP contribution is -2.09. The van der Waals surface area contributed by atoms with Crippen LogP contribution in [-0.4, -0.2) is 12.4 Å². The van der Waals surface area contributed by atoms with Crippen LogP contribution in [0.2, 0.25) is 0 Å². The summed E-state index contributed by atoms with van der Waals surface area (Å²) < 4.78 is 19.7. The van der Waals surface area contributed by atoms with Crippen molar-refractivity contribution in [3.8, 4) is 11.1 Å². The molecule has 24 heavy (non-hydrogen) atoms. The third-order valence-corrected chi connectivity index (χ3v) is 3.72. The van der Waals surface area contributed by atoms with Crippen LogP contribution in [0.4, 0.5) is 4.39 Å². The van der Waals surface area contributed by atoms with Crippen LogP contribution in [0, 0.1) is 5.82 Å². The Morgan fingerprint density at radius 2 is 1.54 bits per heavy atom. The van der Waals surface area contributed by atoms with Gasteiger partial charge in [-0.2, -0.15) is 0 Å². The van der Waals surface area contributed by atoms with Gasteiger partial charge >= 0.3 is 0 Å². The van der Waals surface area contributed by atoms with Gasteiger partial charge < -0.3 is 4.74 Å². The smallest absolute Gasteiger partial charge is 0.188 e. The summed E-state index contributed by atoms with van der Waals surface area (Å²) in [6.07, 6.45) is 0. The van der Waals surface area contributed by atoms with Gasteiger partial charge in [-0.1, -0.05) is 72.8 Å². The van der Waals surface area contributed by atoms with Gasteiger partial charge in [0.1, 0.15) is 12.4 Å². The number of ketones is 1. The molecular formula is C21H17FO2. The Morgan fingerprint density at radius 1 is 0.875 bits per heavy atom. The van der Waals surface area contributed by atoms with Gasteiger partial charge in [-0.3, -0.25) is 4.79 Å². The lowest BCUT2D eigenvalue weighted by molar-refractivity contribution is 0.0726. The molecule has 3 aromatic carbocycles. The van der Waals surface area contributed by atoms with Gasteiger partial charge in [-0.05, 0) is 17.2 Å². The first-order valence-electron chi connectivity index (χ1n) is 7.74. The molecule has 0 fully saturated rings. The van der Waals surface area contributed by atoms with Crippen molar-refractivity contribution in [2.75, 3.05) is 6.61 Å². The molecule has 0 saturated heterocycles. The van der Waals surface area contributed by atoms with Gasteiger partial charge in [-0.15, -0.1) is 0 Å². The standard InChI is InChI=1S/C21H17FO2/c22-20-13-18(11-12-19(20)17-9-5-2-6-10-17)21(23)15-24-14-16-7-3-1-4-8-16/h1-13H,14-15H2. The maximum atomic E-state index is 14.3. The van der Waals surface area contributed by atoms with E-state index in [1.807, 2.05) is 60.7 Å². The largest absolute Gasteiger partial charge is 0.369 e. The number of carbonyl (C=O) groups excluding carboxylic acids is 1. The topological polar surface area (TPSA) is 26.3 Å². The molecule has 0 spiro atoms. The van der Waals surface area contributed by atoms with Crippen molar-refractivity contribution >= 4 is 5.78 Å². The number of halogens is 1. The van der Waals surface area contributed by atoms with E-state index in [1.54, 1.807) is 12.1 Å². The number of carbonyl (C=O) groups is 1. The quantitative estimate of drug-likeness (QED) is 0.604. The summed E-state index contributed by atoms with van der Waals surface area (Å²) in [6, 6.07) is 23.4. The zero-order valence-electron chi connectivity index (χ0n) is 13.1. The maximum Gasteiger partial charge on any atom is 0.188 e. The fourth-order valence-electron chi connectivity index (χ4n) is 2.46. The maximum absolute atomic E-state index is 14.3. The molecule has 3 heteroatoms. The van der Waals surface area contributed by atoms with E-state index in [2.05, 4.69) is 0 Å². The first-order valence-corrected chi connectivity index (χ1v) is 7.74. The van der Waals surface area contributed by atoms with Gasteiger partial charge in [-0.25, -0.2) is 4.39 Å². The molecule has 120 valence electrons. The van der Waals surface area contributed by atoms with Gasteiger partial charge in [0.2, 0.25) is 0 Å². The lowest BCUT2D eigenvalue weighted by atomic mass is 10.0. The highest BCUT2D eigenvalue weighted by Gasteiger charge is 2.11. The molecule has 0 heterocycles. The van der Waals surface area contributed by atoms with E-state index >= 15 is 0 Å². The second kappa shape index (κ2) is 7.66. The predicted molar refractivity (Wildman–Crippen MR) is 92.3 cm³/mol. The van der Waals surface area contributed by atoms with E-state index in [0.717, 1.165) is 11.1 Å². The van der Waals surface area contributed by atoms with Crippen LogP contribution < -0.4 is 0 Å². The summed E-state index contributed by atoms with van der Waals surface area (Å²) in [4.78, 5) is 12.1. The van der Waals surface area contributed by atoms with E-state index in [1.165, 1.54) is 6.07 Å². The van der Waals surface area contributed by atoms with E-state index in [9.17, 15) is 9.18 Å². The van der Waals surface area contributed by atoms with Crippen LogP contribution in [0.1, 0.15) is 15.9 Å². The Balaban J connectivity index is 1.64. The second-order valence-electron chi connectivity index (χ2n) is 5.46. The average Bonchev–Trinajstić information content (AvgIpc) is 2.63. The fraction of sp³-hybridized carbons (Fsp3) is 0.0952.